The number of pyridine rings is 1. The number of imidazole rings is 1. The number of rotatable bonds is 8. The molecule has 4 aromatic rings. The molecule has 37 heavy (non-hydrogen) atoms. The number of aromatic nitrogens is 4. The lowest BCUT2D eigenvalue weighted by Gasteiger charge is -2.39. The molecule has 196 valence electrons. The summed E-state index contributed by atoms with van der Waals surface area (Å²) < 4.78 is 19.0. The van der Waals surface area contributed by atoms with E-state index < -0.39 is 0 Å². The monoisotopic (exact) mass is 503 g/mol. The van der Waals surface area contributed by atoms with Gasteiger partial charge in [-0.25, -0.2) is 9.97 Å². The van der Waals surface area contributed by atoms with E-state index in [4.69, 9.17) is 24.0 Å². The highest BCUT2D eigenvalue weighted by molar-refractivity contribution is 5.80. The van der Waals surface area contributed by atoms with Gasteiger partial charge in [0.1, 0.15) is 22.9 Å². The molecule has 8 nitrogen and oxygen atoms in total. The molecular weight excluding hydrogens is 466 g/mol. The molecule has 0 radical (unpaired) electrons. The molecule has 0 saturated carbocycles. The molecule has 1 aliphatic heterocycles. The van der Waals surface area contributed by atoms with Gasteiger partial charge in [-0.2, -0.15) is 0 Å². The third-order valence-electron chi connectivity index (χ3n) is 7.30. The number of ether oxygens (including phenoxy) is 2. The highest BCUT2D eigenvalue weighted by atomic mass is 16.5. The lowest BCUT2D eigenvalue weighted by molar-refractivity contribution is -0.0799. The first-order valence-electron chi connectivity index (χ1n) is 13.1. The number of morpholine rings is 1. The second kappa shape index (κ2) is 10.6. The quantitative estimate of drug-likeness (QED) is 0.335. The fraction of sp³-hybridized carbons (Fsp3) is 0.483. The fourth-order valence-electron chi connectivity index (χ4n) is 5.48. The van der Waals surface area contributed by atoms with Crippen LogP contribution < -0.4 is 4.74 Å². The van der Waals surface area contributed by atoms with E-state index in [2.05, 4.69) is 53.6 Å². The first-order valence-corrected chi connectivity index (χ1v) is 13.1. The molecule has 3 aromatic heterocycles. The third kappa shape index (κ3) is 5.40. The molecule has 1 fully saturated rings. The van der Waals surface area contributed by atoms with E-state index in [1.807, 2.05) is 32.2 Å². The summed E-state index contributed by atoms with van der Waals surface area (Å²) in [6.45, 7) is 13.2. The Kier molecular flexibility index (Phi) is 7.31. The maximum absolute atomic E-state index is 5.97. The van der Waals surface area contributed by atoms with Crippen molar-refractivity contribution in [3.05, 3.63) is 59.4 Å². The average Bonchev–Trinajstić information content (AvgIpc) is 3.40. The summed E-state index contributed by atoms with van der Waals surface area (Å²) in [5.41, 5.74) is 5.92. The SMILES string of the molecule is COc1ccc(CCc2nc3cc(-c4c(C)noc4C)cnc3n2CC(C)N2C[C@@H](C)O[C@@H](C)C2)cc1. The maximum Gasteiger partial charge on any atom is 0.160 e. The summed E-state index contributed by atoms with van der Waals surface area (Å²) in [4.78, 5) is 12.5. The number of aryl methyl sites for hydroxylation is 4. The minimum atomic E-state index is 0.232. The summed E-state index contributed by atoms with van der Waals surface area (Å²) in [6.07, 6.45) is 4.10. The van der Waals surface area contributed by atoms with Gasteiger partial charge in [-0.05, 0) is 64.8 Å². The summed E-state index contributed by atoms with van der Waals surface area (Å²) in [7, 11) is 1.69. The molecule has 0 aliphatic carbocycles. The van der Waals surface area contributed by atoms with Crippen LogP contribution in [0.5, 0.6) is 5.75 Å². The summed E-state index contributed by atoms with van der Waals surface area (Å²) >= 11 is 0. The van der Waals surface area contributed by atoms with Crippen molar-refractivity contribution in [1.82, 2.24) is 24.6 Å². The lowest BCUT2D eigenvalue weighted by Crippen LogP contribution is -2.50. The molecule has 1 aliphatic rings. The Morgan fingerprint density at radius 2 is 1.81 bits per heavy atom. The van der Waals surface area contributed by atoms with Crippen molar-refractivity contribution in [3.8, 4) is 16.9 Å². The van der Waals surface area contributed by atoms with Crippen molar-refractivity contribution < 1.29 is 14.0 Å². The molecular formula is C29H37N5O3. The van der Waals surface area contributed by atoms with Gasteiger partial charge in [-0.15, -0.1) is 0 Å². The van der Waals surface area contributed by atoms with Gasteiger partial charge in [-0.3, -0.25) is 4.90 Å². The molecule has 0 amide bonds. The smallest absolute Gasteiger partial charge is 0.160 e. The lowest BCUT2D eigenvalue weighted by atomic mass is 10.1. The van der Waals surface area contributed by atoms with Crippen LogP contribution in [0.3, 0.4) is 0 Å². The molecule has 0 N–H and O–H groups in total. The molecule has 1 saturated heterocycles. The second-order valence-electron chi connectivity index (χ2n) is 10.3. The van der Waals surface area contributed by atoms with Crippen molar-refractivity contribution in [1.29, 1.82) is 0 Å². The van der Waals surface area contributed by atoms with Crippen LogP contribution in [0.25, 0.3) is 22.3 Å². The summed E-state index contributed by atoms with van der Waals surface area (Å²) in [6, 6.07) is 10.7. The van der Waals surface area contributed by atoms with Crippen LogP contribution in [0.15, 0.2) is 41.1 Å². The number of hydrogen-bond donors (Lipinski definition) is 0. The Morgan fingerprint density at radius 3 is 2.46 bits per heavy atom. The van der Waals surface area contributed by atoms with Crippen LogP contribution >= 0.6 is 0 Å². The number of methoxy groups -OCH3 is 1. The van der Waals surface area contributed by atoms with E-state index in [0.717, 1.165) is 77.8 Å². The normalized spacial score (nSPS) is 19.4. The summed E-state index contributed by atoms with van der Waals surface area (Å²) in [5, 5.41) is 4.12. The fourth-order valence-corrected chi connectivity index (χ4v) is 5.48. The van der Waals surface area contributed by atoms with Crippen LogP contribution in [0.4, 0.5) is 0 Å². The maximum atomic E-state index is 5.97. The largest absolute Gasteiger partial charge is 0.497 e. The minimum Gasteiger partial charge on any atom is -0.497 e. The predicted octanol–water partition coefficient (Wildman–Crippen LogP) is 4.99. The van der Waals surface area contributed by atoms with E-state index in [9.17, 15) is 0 Å². The molecule has 8 heteroatoms. The standard InChI is InChI=1S/C29H37N5O3/c1-18(33-16-19(2)36-20(3)17-33)15-34-27(12-9-23-7-10-25(35-6)11-8-23)31-26-13-24(14-30-29(26)34)28-21(4)32-37-22(28)5/h7-8,10-11,13-14,18-20H,9,12,15-17H2,1-6H3/t18?,19-,20+. The number of fused-ring (bicyclic) bond motifs is 1. The Balaban J connectivity index is 1.47. The Labute approximate surface area is 218 Å². The molecule has 1 unspecified atom stereocenters. The first kappa shape index (κ1) is 25.4. The number of hydrogen-bond acceptors (Lipinski definition) is 7. The zero-order valence-corrected chi connectivity index (χ0v) is 22.7. The minimum absolute atomic E-state index is 0.232. The summed E-state index contributed by atoms with van der Waals surface area (Å²) in [5.74, 6) is 2.72. The highest BCUT2D eigenvalue weighted by Crippen LogP contribution is 2.29. The zero-order valence-electron chi connectivity index (χ0n) is 22.7. The van der Waals surface area contributed by atoms with Crippen molar-refractivity contribution >= 4 is 11.2 Å². The molecule has 3 atom stereocenters. The van der Waals surface area contributed by atoms with Crippen molar-refractivity contribution in [2.45, 2.75) is 72.3 Å². The highest BCUT2D eigenvalue weighted by Gasteiger charge is 2.27. The van der Waals surface area contributed by atoms with Crippen molar-refractivity contribution in [2.75, 3.05) is 20.2 Å². The van der Waals surface area contributed by atoms with E-state index in [-0.39, 0.29) is 12.2 Å². The van der Waals surface area contributed by atoms with Crippen LogP contribution in [0.2, 0.25) is 0 Å². The first-order chi connectivity index (χ1) is 17.8. The zero-order chi connectivity index (χ0) is 26.1. The van der Waals surface area contributed by atoms with Gasteiger partial charge in [0.2, 0.25) is 0 Å². The third-order valence-corrected chi connectivity index (χ3v) is 7.30. The van der Waals surface area contributed by atoms with Crippen LogP contribution in [-0.4, -0.2) is 63.0 Å². The predicted molar refractivity (Wildman–Crippen MR) is 144 cm³/mol. The van der Waals surface area contributed by atoms with Gasteiger partial charge >= 0.3 is 0 Å². The molecule has 5 rings (SSSR count). The number of nitrogens with zero attached hydrogens (tertiary/aromatic N) is 5. The van der Waals surface area contributed by atoms with Gasteiger partial charge in [0.25, 0.3) is 0 Å². The van der Waals surface area contributed by atoms with Gasteiger partial charge in [0.05, 0.1) is 25.0 Å². The average molecular weight is 504 g/mol. The molecule has 1 aromatic carbocycles. The van der Waals surface area contributed by atoms with Crippen molar-refractivity contribution in [3.63, 3.8) is 0 Å². The van der Waals surface area contributed by atoms with Crippen LogP contribution in [0.1, 0.15) is 43.6 Å². The van der Waals surface area contributed by atoms with Gasteiger partial charge in [-0.1, -0.05) is 17.3 Å². The Bertz CT molecular complexity index is 1330. The van der Waals surface area contributed by atoms with E-state index in [0.29, 0.717) is 6.04 Å². The van der Waals surface area contributed by atoms with E-state index in [1.165, 1.54) is 5.56 Å². The molecule has 0 spiro atoms. The molecule has 4 heterocycles. The van der Waals surface area contributed by atoms with E-state index >= 15 is 0 Å². The number of benzene rings is 1. The molecule has 0 bridgehead atoms. The van der Waals surface area contributed by atoms with Gasteiger partial charge < -0.3 is 18.6 Å². The Hall–Kier alpha value is -3.23. The van der Waals surface area contributed by atoms with Crippen LogP contribution in [-0.2, 0) is 24.1 Å². The van der Waals surface area contributed by atoms with Crippen LogP contribution in [0, 0.1) is 13.8 Å². The Morgan fingerprint density at radius 1 is 1.08 bits per heavy atom. The van der Waals surface area contributed by atoms with Gasteiger partial charge in [0.15, 0.2) is 5.65 Å². The van der Waals surface area contributed by atoms with Crippen molar-refractivity contribution in [2.24, 2.45) is 0 Å². The van der Waals surface area contributed by atoms with E-state index in [1.54, 1.807) is 7.11 Å². The topological polar surface area (TPSA) is 78.4 Å². The van der Waals surface area contributed by atoms with Gasteiger partial charge in [0, 0.05) is 49.4 Å². The second-order valence-corrected chi connectivity index (χ2v) is 10.3.